The zero-order chi connectivity index (χ0) is 11.0. The van der Waals surface area contributed by atoms with Gasteiger partial charge in [-0.2, -0.15) is 0 Å². The average molecular weight is 223 g/mol. The van der Waals surface area contributed by atoms with Crippen molar-refractivity contribution in [1.82, 2.24) is 5.32 Å². The van der Waals surface area contributed by atoms with Crippen LogP contribution in [0, 0.1) is 0 Å². The highest BCUT2D eigenvalue weighted by Gasteiger charge is 2.07. The van der Waals surface area contributed by atoms with Crippen LogP contribution in [0.3, 0.4) is 0 Å². The van der Waals surface area contributed by atoms with Gasteiger partial charge >= 0.3 is 5.97 Å². The molecule has 5 nitrogen and oxygen atoms in total. The maximum Gasteiger partial charge on any atom is 0.304 e. The van der Waals surface area contributed by atoms with Gasteiger partial charge < -0.3 is 10.4 Å². The minimum absolute atomic E-state index is 0.0217. The standard InChI is InChI=1S/C8H17NO4S/c1-2-6-14(12,13)7-5-9-4-3-8(10)11/h9H,2-7H2,1H3,(H,10,11). The lowest BCUT2D eigenvalue weighted by Crippen LogP contribution is -2.26. The van der Waals surface area contributed by atoms with Crippen molar-refractivity contribution in [3.8, 4) is 0 Å². The van der Waals surface area contributed by atoms with E-state index in [2.05, 4.69) is 5.32 Å². The van der Waals surface area contributed by atoms with Gasteiger partial charge in [-0.3, -0.25) is 4.79 Å². The molecule has 0 heterocycles. The number of rotatable bonds is 8. The number of hydrogen-bond donors (Lipinski definition) is 2. The lowest BCUT2D eigenvalue weighted by Gasteiger charge is -2.03. The molecular weight excluding hydrogens is 206 g/mol. The van der Waals surface area contributed by atoms with E-state index in [-0.39, 0.29) is 17.9 Å². The molecule has 0 aromatic rings. The van der Waals surface area contributed by atoms with Crippen LogP contribution in [-0.2, 0) is 14.6 Å². The largest absolute Gasteiger partial charge is 0.481 e. The molecule has 0 rings (SSSR count). The first kappa shape index (κ1) is 13.4. The molecule has 6 heteroatoms. The lowest BCUT2D eigenvalue weighted by molar-refractivity contribution is -0.136. The second kappa shape index (κ2) is 6.78. The number of hydrogen-bond acceptors (Lipinski definition) is 4. The van der Waals surface area contributed by atoms with Crippen LogP contribution in [0.2, 0.25) is 0 Å². The molecule has 0 aliphatic heterocycles. The van der Waals surface area contributed by atoms with Crippen LogP contribution in [-0.4, -0.2) is 44.1 Å². The maximum absolute atomic E-state index is 11.2. The average Bonchev–Trinajstić information content (AvgIpc) is 2.02. The van der Waals surface area contributed by atoms with Crippen molar-refractivity contribution in [2.75, 3.05) is 24.6 Å². The van der Waals surface area contributed by atoms with E-state index >= 15 is 0 Å². The summed E-state index contributed by atoms with van der Waals surface area (Å²) in [6, 6.07) is 0. The quantitative estimate of drug-likeness (QED) is 0.560. The van der Waals surface area contributed by atoms with E-state index in [4.69, 9.17) is 5.11 Å². The van der Waals surface area contributed by atoms with Crippen molar-refractivity contribution in [3.63, 3.8) is 0 Å². The van der Waals surface area contributed by atoms with E-state index < -0.39 is 15.8 Å². The van der Waals surface area contributed by atoms with Crippen molar-refractivity contribution in [3.05, 3.63) is 0 Å². The molecule has 0 aromatic heterocycles. The first-order valence-corrected chi connectivity index (χ1v) is 6.43. The Morgan fingerprint density at radius 2 is 1.93 bits per heavy atom. The van der Waals surface area contributed by atoms with Gasteiger partial charge in [0.1, 0.15) is 0 Å². The highest BCUT2D eigenvalue weighted by atomic mass is 32.2. The topological polar surface area (TPSA) is 83.5 Å². The molecule has 84 valence electrons. The molecule has 0 saturated carbocycles. The summed E-state index contributed by atoms with van der Waals surface area (Å²) in [5.41, 5.74) is 0. The summed E-state index contributed by atoms with van der Waals surface area (Å²) in [4.78, 5) is 10.1. The summed E-state index contributed by atoms with van der Waals surface area (Å²) in [5, 5.41) is 11.1. The van der Waals surface area contributed by atoms with E-state index in [1.54, 1.807) is 0 Å². The number of aliphatic carboxylic acids is 1. The van der Waals surface area contributed by atoms with Crippen molar-refractivity contribution < 1.29 is 18.3 Å². The van der Waals surface area contributed by atoms with E-state index in [0.29, 0.717) is 19.5 Å². The molecule has 14 heavy (non-hydrogen) atoms. The number of carboxylic acids is 1. The molecule has 0 amide bonds. The zero-order valence-electron chi connectivity index (χ0n) is 8.32. The predicted octanol–water partition coefficient (Wildman–Crippen LogP) is -0.124. The third kappa shape index (κ3) is 8.00. The lowest BCUT2D eigenvalue weighted by atomic mass is 10.4. The number of carbonyl (C=O) groups is 1. The molecule has 0 aliphatic rings. The molecule has 0 radical (unpaired) electrons. The van der Waals surface area contributed by atoms with Crippen LogP contribution >= 0.6 is 0 Å². The predicted molar refractivity (Wildman–Crippen MR) is 54.1 cm³/mol. The van der Waals surface area contributed by atoms with Crippen LogP contribution in [0.5, 0.6) is 0 Å². The van der Waals surface area contributed by atoms with Crippen LogP contribution in [0.25, 0.3) is 0 Å². The maximum atomic E-state index is 11.2. The molecular formula is C8H17NO4S. The summed E-state index contributed by atoms with van der Waals surface area (Å²) in [5.74, 6) is -0.595. The summed E-state index contributed by atoms with van der Waals surface area (Å²) < 4.78 is 22.3. The molecule has 0 spiro atoms. The van der Waals surface area contributed by atoms with Crippen molar-refractivity contribution in [1.29, 1.82) is 0 Å². The molecule has 2 N–H and O–H groups in total. The summed E-state index contributed by atoms with van der Waals surface area (Å²) >= 11 is 0. The van der Waals surface area contributed by atoms with Crippen LogP contribution in [0.15, 0.2) is 0 Å². The third-order valence-electron chi connectivity index (χ3n) is 1.62. The summed E-state index contributed by atoms with van der Waals surface area (Å²) in [6.45, 7) is 2.46. The fraction of sp³-hybridized carbons (Fsp3) is 0.875. The summed E-state index contributed by atoms with van der Waals surface area (Å²) in [6.07, 6.45) is 0.644. The normalized spacial score (nSPS) is 11.5. The molecule has 0 aromatic carbocycles. The molecule has 0 saturated heterocycles. The minimum atomic E-state index is -2.94. The van der Waals surface area contributed by atoms with Crippen LogP contribution < -0.4 is 5.32 Å². The Bertz CT molecular complexity index is 261. The smallest absolute Gasteiger partial charge is 0.304 e. The monoisotopic (exact) mass is 223 g/mol. The zero-order valence-corrected chi connectivity index (χ0v) is 9.14. The van der Waals surface area contributed by atoms with Gasteiger partial charge in [0.2, 0.25) is 0 Å². The van der Waals surface area contributed by atoms with Gasteiger partial charge in [-0.1, -0.05) is 6.92 Å². The summed E-state index contributed by atoms with van der Waals surface area (Å²) in [7, 11) is -2.94. The molecule has 0 unspecified atom stereocenters. The van der Waals surface area contributed by atoms with Crippen molar-refractivity contribution in [2.24, 2.45) is 0 Å². The third-order valence-corrected chi connectivity index (χ3v) is 3.48. The van der Waals surface area contributed by atoms with Gasteiger partial charge in [-0.25, -0.2) is 8.42 Å². The van der Waals surface area contributed by atoms with E-state index in [9.17, 15) is 13.2 Å². The number of carboxylic acid groups (broad SMARTS) is 1. The van der Waals surface area contributed by atoms with E-state index in [1.807, 2.05) is 6.92 Å². The highest BCUT2D eigenvalue weighted by molar-refractivity contribution is 7.91. The van der Waals surface area contributed by atoms with Gasteiger partial charge in [0.05, 0.1) is 12.2 Å². The first-order chi connectivity index (χ1) is 6.48. The Morgan fingerprint density at radius 1 is 1.29 bits per heavy atom. The fourth-order valence-electron chi connectivity index (χ4n) is 0.961. The van der Waals surface area contributed by atoms with Gasteiger partial charge in [0, 0.05) is 18.8 Å². The highest BCUT2D eigenvalue weighted by Crippen LogP contribution is 1.91. The van der Waals surface area contributed by atoms with Crippen LogP contribution in [0.4, 0.5) is 0 Å². The van der Waals surface area contributed by atoms with Crippen molar-refractivity contribution in [2.45, 2.75) is 19.8 Å². The van der Waals surface area contributed by atoms with Gasteiger partial charge in [0.25, 0.3) is 0 Å². The Labute approximate surface area is 84.4 Å². The molecule has 0 aliphatic carbocycles. The fourth-order valence-corrected chi connectivity index (χ4v) is 2.24. The number of nitrogens with one attached hydrogen (secondary N) is 1. The van der Waals surface area contributed by atoms with Gasteiger partial charge in [-0.05, 0) is 6.42 Å². The van der Waals surface area contributed by atoms with Gasteiger partial charge in [-0.15, -0.1) is 0 Å². The Balaban J connectivity index is 3.49. The molecule has 0 atom stereocenters. The van der Waals surface area contributed by atoms with E-state index in [1.165, 1.54) is 0 Å². The van der Waals surface area contributed by atoms with Crippen molar-refractivity contribution >= 4 is 15.8 Å². The molecule has 0 fully saturated rings. The number of sulfone groups is 1. The van der Waals surface area contributed by atoms with Crippen LogP contribution in [0.1, 0.15) is 19.8 Å². The Hall–Kier alpha value is -0.620. The minimum Gasteiger partial charge on any atom is -0.481 e. The van der Waals surface area contributed by atoms with E-state index in [0.717, 1.165) is 0 Å². The first-order valence-electron chi connectivity index (χ1n) is 4.61. The SMILES string of the molecule is CCCS(=O)(=O)CCNCCC(=O)O. The Kier molecular flexibility index (Phi) is 6.48. The second-order valence-corrected chi connectivity index (χ2v) is 5.35. The Morgan fingerprint density at radius 3 is 2.43 bits per heavy atom. The second-order valence-electron chi connectivity index (χ2n) is 3.05. The van der Waals surface area contributed by atoms with Gasteiger partial charge in [0.15, 0.2) is 9.84 Å². The molecule has 0 bridgehead atoms.